The van der Waals surface area contributed by atoms with E-state index in [9.17, 15) is 40.9 Å². The van der Waals surface area contributed by atoms with Crippen LogP contribution in [0.4, 0.5) is 0 Å². The Bertz CT molecular complexity index is 348. The van der Waals surface area contributed by atoms with Crippen molar-refractivity contribution in [3.05, 3.63) is 0 Å². The van der Waals surface area contributed by atoms with Gasteiger partial charge in [-0.1, -0.05) is 0 Å². The lowest BCUT2D eigenvalue weighted by Gasteiger charge is -2.39. The second kappa shape index (κ2) is 7.63. The van der Waals surface area contributed by atoms with Gasteiger partial charge in [0.15, 0.2) is 12.6 Å². The molecular formula is C12H22O11. The zero-order valence-corrected chi connectivity index (χ0v) is 12.0. The van der Waals surface area contributed by atoms with Gasteiger partial charge < -0.3 is 55.1 Å². The molecule has 2 fully saturated rings. The van der Waals surface area contributed by atoms with Gasteiger partial charge in [0.1, 0.15) is 48.8 Å². The van der Waals surface area contributed by atoms with Crippen LogP contribution in [0.2, 0.25) is 0 Å². The molecule has 0 saturated carbocycles. The van der Waals surface area contributed by atoms with E-state index in [4.69, 9.17) is 14.2 Å². The molecule has 0 aromatic carbocycles. The molecular weight excluding hydrogens is 320 g/mol. The predicted octanol–water partition coefficient (Wildman–Crippen LogP) is -5.40. The van der Waals surface area contributed by atoms with Crippen LogP contribution in [-0.2, 0) is 14.2 Å². The largest absolute Gasteiger partial charge is 0.387 e. The van der Waals surface area contributed by atoms with Crippen LogP contribution in [-0.4, -0.2) is 115 Å². The maximum atomic E-state index is 9.71. The summed E-state index contributed by atoms with van der Waals surface area (Å²) >= 11 is 0. The summed E-state index contributed by atoms with van der Waals surface area (Å²) in [7, 11) is 0. The van der Waals surface area contributed by atoms with Crippen LogP contribution in [0.1, 0.15) is 0 Å². The predicted molar refractivity (Wildman–Crippen MR) is 68.6 cm³/mol. The van der Waals surface area contributed by atoms with Gasteiger partial charge >= 0.3 is 0 Å². The van der Waals surface area contributed by atoms with E-state index in [1.807, 2.05) is 0 Å². The summed E-state index contributed by atoms with van der Waals surface area (Å²) < 4.78 is 14.9. The van der Waals surface area contributed by atoms with Crippen molar-refractivity contribution in [2.75, 3.05) is 13.2 Å². The normalized spacial score (nSPS) is 51.7. The second-order valence-electron chi connectivity index (χ2n) is 5.61. The molecule has 2 saturated heterocycles. The first-order valence-corrected chi connectivity index (χ1v) is 7.07. The van der Waals surface area contributed by atoms with Crippen molar-refractivity contribution >= 4 is 0 Å². The Balaban J connectivity index is 1.82. The van der Waals surface area contributed by atoms with Crippen LogP contribution < -0.4 is 0 Å². The molecule has 11 heteroatoms. The number of aliphatic hydroxyl groups excluding tert-OH is 8. The molecule has 0 aromatic heterocycles. The fraction of sp³-hybridized carbons (Fsp3) is 1.00. The van der Waals surface area contributed by atoms with E-state index in [1.165, 1.54) is 0 Å². The molecule has 0 aliphatic carbocycles. The number of aliphatic hydroxyl groups is 8. The van der Waals surface area contributed by atoms with E-state index < -0.39 is 61.4 Å². The van der Waals surface area contributed by atoms with Crippen LogP contribution in [0, 0.1) is 0 Å². The van der Waals surface area contributed by atoms with Crippen LogP contribution in [0.25, 0.3) is 0 Å². The Morgan fingerprint density at radius 2 is 0.870 bits per heavy atom. The maximum Gasteiger partial charge on any atom is 0.184 e. The average Bonchev–Trinajstić information content (AvgIpc) is 2.52. The highest BCUT2D eigenvalue weighted by atomic mass is 16.7. The first-order valence-electron chi connectivity index (χ1n) is 7.07. The molecule has 10 atom stereocenters. The molecule has 0 spiro atoms. The average molecular weight is 342 g/mol. The molecule has 2 rings (SSSR count). The summed E-state index contributed by atoms with van der Waals surface area (Å²) in [5.74, 6) is 0. The Kier molecular flexibility index (Phi) is 6.27. The number of hydrogen-bond acceptors (Lipinski definition) is 11. The molecule has 0 aromatic rings. The minimum Gasteiger partial charge on any atom is -0.387 e. The summed E-state index contributed by atoms with van der Waals surface area (Å²) in [4.78, 5) is 0. The molecule has 2 aliphatic rings. The van der Waals surface area contributed by atoms with Crippen LogP contribution in [0.15, 0.2) is 0 Å². The monoisotopic (exact) mass is 342 g/mol. The first-order chi connectivity index (χ1) is 10.7. The molecule has 0 bridgehead atoms. The standard InChI is InChI=1S/C12H22O11/c13-5-3(22-11(19)9(17)7(5)15)1-21-2-4-6(14)8(16)10(18)12(20)23-4/h3-20H,1-2H2/t3-,4-,5-,6-,7-,8-,9-,10-,11+,12+/m0/s1. The van der Waals surface area contributed by atoms with E-state index in [0.717, 1.165) is 0 Å². The van der Waals surface area contributed by atoms with Crippen molar-refractivity contribution in [1.29, 1.82) is 0 Å². The van der Waals surface area contributed by atoms with Gasteiger partial charge in [0.2, 0.25) is 0 Å². The van der Waals surface area contributed by atoms with Gasteiger partial charge in [0.25, 0.3) is 0 Å². The topological polar surface area (TPSA) is 190 Å². The summed E-state index contributed by atoms with van der Waals surface area (Å²) in [6.45, 7) is -0.660. The molecule has 11 nitrogen and oxygen atoms in total. The summed E-state index contributed by atoms with van der Waals surface area (Å²) in [6.07, 6.45) is -15.3. The van der Waals surface area contributed by atoms with Gasteiger partial charge in [0.05, 0.1) is 13.2 Å². The van der Waals surface area contributed by atoms with Gasteiger partial charge in [-0.05, 0) is 0 Å². The van der Waals surface area contributed by atoms with Crippen molar-refractivity contribution < 1.29 is 55.1 Å². The molecule has 0 radical (unpaired) electrons. The number of rotatable bonds is 4. The van der Waals surface area contributed by atoms with Gasteiger partial charge in [-0.25, -0.2) is 0 Å². The highest BCUT2D eigenvalue weighted by Gasteiger charge is 2.45. The summed E-state index contributed by atoms with van der Waals surface area (Å²) in [6, 6.07) is 0. The van der Waals surface area contributed by atoms with Crippen molar-refractivity contribution in [2.24, 2.45) is 0 Å². The van der Waals surface area contributed by atoms with Gasteiger partial charge in [0, 0.05) is 0 Å². The van der Waals surface area contributed by atoms with Crippen LogP contribution in [0.5, 0.6) is 0 Å². The summed E-state index contributed by atoms with van der Waals surface area (Å²) in [5, 5.41) is 75.9. The Hall–Kier alpha value is -0.440. The molecule has 136 valence electrons. The van der Waals surface area contributed by atoms with Crippen LogP contribution in [0.3, 0.4) is 0 Å². The first kappa shape index (κ1) is 18.9. The summed E-state index contributed by atoms with van der Waals surface area (Å²) in [5.41, 5.74) is 0. The number of ether oxygens (including phenoxy) is 3. The van der Waals surface area contributed by atoms with E-state index in [2.05, 4.69) is 0 Å². The quantitative estimate of drug-likeness (QED) is 0.243. The molecule has 0 unspecified atom stereocenters. The van der Waals surface area contributed by atoms with Gasteiger partial charge in [-0.2, -0.15) is 0 Å². The van der Waals surface area contributed by atoms with Crippen molar-refractivity contribution in [1.82, 2.24) is 0 Å². The Morgan fingerprint density at radius 1 is 0.522 bits per heavy atom. The molecule has 2 aliphatic heterocycles. The van der Waals surface area contributed by atoms with Crippen molar-refractivity contribution in [3.63, 3.8) is 0 Å². The van der Waals surface area contributed by atoms with E-state index in [-0.39, 0.29) is 13.2 Å². The van der Waals surface area contributed by atoms with Gasteiger partial charge in [-0.3, -0.25) is 0 Å². The highest BCUT2D eigenvalue weighted by Crippen LogP contribution is 2.22. The molecule has 23 heavy (non-hydrogen) atoms. The molecule has 8 N–H and O–H groups in total. The van der Waals surface area contributed by atoms with E-state index in [0.29, 0.717) is 0 Å². The minimum absolute atomic E-state index is 0.330. The van der Waals surface area contributed by atoms with E-state index >= 15 is 0 Å². The lowest BCUT2D eigenvalue weighted by atomic mass is 9.99. The fourth-order valence-corrected chi connectivity index (χ4v) is 2.44. The molecule has 2 heterocycles. The van der Waals surface area contributed by atoms with E-state index in [1.54, 1.807) is 0 Å². The molecule has 0 amide bonds. The fourth-order valence-electron chi connectivity index (χ4n) is 2.44. The number of hydrogen-bond donors (Lipinski definition) is 8. The lowest BCUT2D eigenvalue weighted by molar-refractivity contribution is -0.300. The lowest BCUT2D eigenvalue weighted by Crippen LogP contribution is -2.60. The van der Waals surface area contributed by atoms with Crippen LogP contribution >= 0.6 is 0 Å². The smallest absolute Gasteiger partial charge is 0.184 e. The van der Waals surface area contributed by atoms with Crippen molar-refractivity contribution in [2.45, 2.75) is 61.4 Å². The SMILES string of the molecule is O[C@H]1[C@@H](O)[C@H](COC[C@@H]2O[C@@H](O)[C@@H](O)[C@@H](O)[C@H]2O)O[C@@H](O)[C@H]1O. The Morgan fingerprint density at radius 3 is 1.22 bits per heavy atom. The highest BCUT2D eigenvalue weighted by molar-refractivity contribution is 4.90. The van der Waals surface area contributed by atoms with Crippen molar-refractivity contribution in [3.8, 4) is 0 Å². The van der Waals surface area contributed by atoms with Gasteiger partial charge in [-0.15, -0.1) is 0 Å². The minimum atomic E-state index is -1.70. The third-order valence-corrected chi connectivity index (χ3v) is 3.94. The zero-order chi connectivity index (χ0) is 17.3. The second-order valence-corrected chi connectivity index (χ2v) is 5.61. The third-order valence-electron chi connectivity index (χ3n) is 3.94. The Labute approximate surface area is 130 Å². The maximum absolute atomic E-state index is 9.71. The zero-order valence-electron chi connectivity index (χ0n) is 12.0. The third kappa shape index (κ3) is 3.97.